The summed E-state index contributed by atoms with van der Waals surface area (Å²) in [4.78, 5) is 23.0. The molecule has 178 valence electrons. The Morgan fingerprint density at radius 3 is 2.54 bits per heavy atom. The van der Waals surface area contributed by atoms with E-state index in [1.165, 1.54) is 0 Å². The Balaban J connectivity index is 1.28. The molecule has 4 aromatic rings. The molecule has 3 aliphatic heterocycles. The summed E-state index contributed by atoms with van der Waals surface area (Å²) in [6.45, 7) is 2.36. The van der Waals surface area contributed by atoms with E-state index in [1.54, 1.807) is 7.11 Å². The van der Waals surface area contributed by atoms with Crippen LogP contribution in [0.3, 0.4) is 0 Å². The van der Waals surface area contributed by atoms with Crippen molar-refractivity contribution >= 4 is 23.2 Å². The minimum absolute atomic E-state index is 0.0634. The predicted octanol–water partition coefficient (Wildman–Crippen LogP) is 5.15. The van der Waals surface area contributed by atoms with Crippen molar-refractivity contribution in [2.24, 2.45) is 0 Å². The Kier molecular flexibility index (Phi) is 5.71. The Bertz CT molecular complexity index is 1380. The summed E-state index contributed by atoms with van der Waals surface area (Å²) in [5, 5.41) is 0.715. The lowest BCUT2D eigenvalue weighted by atomic mass is 9.89. The van der Waals surface area contributed by atoms with E-state index in [0.717, 1.165) is 55.1 Å². The lowest BCUT2D eigenvalue weighted by Gasteiger charge is -2.51. The third-order valence-electron chi connectivity index (χ3n) is 7.34. The summed E-state index contributed by atoms with van der Waals surface area (Å²) < 4.78 is 7.64. The number of nitrogens with zero attached hydrogens (tertiary/aromatic N) is 4. The average Bonchev–Trinajstić information content (AvgIpc) is 3.27. The number of benzene rings is 2. The molecule has 2 aromatic heterocycles. The number of aromatic nitrogens is 2. The SMILES string of the molecule is COc1ccccc1C(=O)N1CC2CCC1CN2Cc1c(-c2ccc(Cl)cc2)nc2ccccn12. The van der Waals surface area contributed by atoms with Gasteiger partial charge in [-0.15, -0.1) is 0 Å². The van der Waals surface area contributed by atoms with Crippen molar-refractivity contribution in [3.8, 4) is 17.0 Å². The average molecular weight is 487 g/mol. The lowest BCUT2D eigenvalue weighted by Crippen LogP contribution is -2.63. The second-order valence-electron chi connectivity index (χ2n) is 9.32. The van der Waals surface area contributed by atoms with Crippen molar-refractivity contribution in [3.63, 3.8) is 0 Å². The summed E-state index contributed by atoms with van der Waals surface area (Å²) in [5.74, 6) is 0.697. The van der Waals surface area contributed by atoms with Crippen LogP contribution in [0, 0.1) is 0 Å². The number of halogens is 1. The molecular weight excluding hydrogens is 460 g/mol. The van der Waals surface area contributed by atoms with Crippen LogP contribution in [0.5, 0.6) is 5.75 Å². The maximum atomic E-state index is 13.4. The van der Waals surface area contributed by atoms with Crippen LogP contribution >= 0.6 is 11.6 Å². The quantitative estimate of drug-likeness (QED) is 0.391. The summed E-state index contributed by atoms with van der Waals surface area (Å²) in [5.41, 5.74) is 4.78. The number of carbonyl (C=O) groups excluding carboxylic acids is 1. The van der Waals surface area contributed by atoms with Crippen LogP contribution in [0.2, 0.25) is 5.02 Å². The van der Waals surface area contributed by atoms with E-state index in [2.05, 4.69) is 20.4 Å². The number of ether oxygens (including phenoxy) is 1. The van der Waals surface area contributed by atoms with Gasteiger partial charge < -0.3 is 14.0 Å². The van der Waals surface area contributed by atoms with Gasteiger partial charge in [0.15, 0.2) is 0 Å². The van der Waals surface area contributed by atoms with Gasteiger partial charge in [-0.3, -0.25) is 9.69 Å². The third kappa shape index (κ3) is 3.97. The molecule has 6 nitrogen and oxygen atoms in total. The Hall–Kier alpha value is -3.35. The molecule has 3 fully saturated rings. The first-order chi connectivity index (χ1) is 17.1. The van der Waals surface area contributed by atoms with E-state index in [4.69, 9.17) is 21.3 Å². The molecule has 2 aromatic carbocycles. The number of imidazole rings is 1. The van der Waals surface area contributed by atoms with Crippen molar-refractivity contribution in [3.05, 3.63) is 89.2 Å². The zero-order chi connectivity index (χ0) is 23.9. The fourth-order valence-corrected chi connectivity index (χ4v) is 5.69. The number of hydrogen-bond acceptors (Lipinski definition) is 4. The van der Waals surface area contributed by atoms with E-state index >= 15 is 0 Å². The first kappa shape index (κ1) is 22.1. The maximum absolute atomic E-state index is 13.4. The van der Waals surface area contributed by atoms with E-state index < -0.39 is 0 Å². The fraction of sp³-hybridized carbons (Fsp3) is 0.286. The monoisotopic (exact) mass is 486 g/mol. The number of rotatable bonds is 5. The number of hydrogen-bond donors (Lipinski definition) is 0. The Morgan fingerprint density at radius 1 is 1.00 bits per heavy atom. The van der Waals surface area contributed by atoms with E-state index in [9.17, 15) is 4.79 Å². The molecule has 0 saturated carbocycles. The molecule has 7 heteroatoms. The van der Waals surface area contributed by atoms with Crippen molar-refractivity contribution in [1.29, 1.82) is 0 Å². The van der Waals surface area contributed by atoms with Crippen LogP contribution in [-0.4, -0.2) is 57.4 Å². The third-order valence-corrected chi connectivity index (χ3v) is 7.59. The number of para-hydroxylation sites is 1. The van der Waals surface area contributed by atoms with Crippen LogP contribution < -0.4 is 4.74 Å². The van der Waals surface area contributed by atoms with Crippen LogP contribution in [-0.2, 0) is 6.54 Å². The van der Waals surface area contributed by atoms with E-state index in [1.807, 2.05) is 66.7 Å². The Morgan fingerprint density at radius 2 is 1.77 bits per heavy atom. The molecule has 0 radical (unpaired) electrons. The van der Waals surface area contributed by atoms with Crippen LogP contribution in [0.1, 0.15) is 28.9 Å². The molecule has 35 heavy (non-hydrogen) atoms. The summed E-state index contributed by atoms with van der Waals surface area (Å²) in [6, 6.07) is 22.0. The first-order valence-corrected chi connectivity index (χ1v) is 12.4. The number of pyridine rings is 1. The molecule has 7 rings (SSSR count). The van der Waals surface area contributed by atoms with Crippen LogP contribution in [0.4, 0.5) is 0 Å². The highest BCUT2D eigenvalue weighted by molar-refractivity contribution is 6.30. The normalized spacial score (nSPS) is 19.9. The van der Waals surface area contributed by atoms with Gasteiger partial charge >= 0.3 is 0 Å². The number of fused-ring (bicyclic) bond motifs is 4. The van der Waals surface area contributed by atoms with Gasteiger partial charge in [0.2, 0.25) is 0 Å². The second kappa shape index (κ2) is 9.02. The molecule has 1 amide bonds. The largest absolute Gasteiger partial charge is 0.496 e. The van der Waals surface area contributed by atoms with E-state index in [0.29, 0.717) is 22.4 Å². The summed E-state index contributed by atoms with van der Waals surface area (Å²) >= 11 is 6.14. The molecule has 0 spiro atoms. The molecule has 0 N–H and O–H groups in total. The molecule has 2 atom stereocenters. The highest BCUT2D eigenvalue weighted by Gasteiger charge is 2.42. The topological polar surface area (TPSA) is 50.1 Å². The molecule has 5 heterocycles. The summed E-state index contributed by atoms with van der Waals surface area (Å²) in [7, 11) is 1.62. The predicted molar refractivity (Wildman–Crippen MR) is 137 cm³/mol. The van der Waals surface area contributed by atoms with Gasteiger partial charge in [0.05, 0.1) is 24.1 Å². The minimum atomic E-state index is 0.0634. The molecule has 0 aliphatic carbocycles. The van der Waals surface area contributed by atoms with Gasteiger partial charge in [-0.05, 0) is 49.2 Å². The number of piperazine rings is 1. The zero-order valence-electron chi connectivity index (χ0n) is 19.6. The van der Waals surface area contributed by atoms with Crippen LogP contribution in [0.25, 0.3) is 16.9 Å². The highest BCUT2D eigenvalue weighted by Crippen LogP contribution is 2.34. The van der Waals surface area contributed by atoms with Gasteiger partial charge in [0.25, 0.3) is 5.91 Å². The maximum Gasteiger partial charge on any atom is 0.257 e. The van der Waals surface area contributed by atoms with Gasteiger partial charge in [-0.1, -0.05) is 41.9 Å². The number of methoxy groups -OCH3 is 1. The minimum Gasteiger partial charge on any atom is -0.496 e. The molecular formula is C28H27ClN4O2. The zero-order valence-corrected chi connectivity index (χ0v) is 20.4. The molecule has 2 unspecified atom stereocenters. The molecule has 3 saturated heterocycles. The summed E-state index contributed by atoms with van der Waals surface area (Å²) in [6.07, 6.45) is 4.20. The Labute approximate surface area is 209 Å². The first-order valence-electron chi connectivity index (χ1n) is 12.0. The second-order valence-corrected chi connectivity index (χ2v) is 9.75. The smallest absolute Gasteiger partial charge is 0.257 e. The van der Waals surface area contributed by atoms with E-state index in [-0.39, 0.29) is 11.9 Å². The fourth-order valence-electron chi connectivity index (χ4n) is 5.56. The lowest BCUT2D eigenvalue weighted by molar-refractivity contribution is -0.0160. The van der Waals surface area contributed by atoms with Crippen molar-refractivity contribution in [2.45, 2.75) is 31.5 Å². The van der Waals surface area contributed by atoms with Crippen molar-refractivity contribution in [1.82, 2.24) is 19.2 Å². The van der Waals surface area contributed by atoms with Gasteiger partial charge in [-0.2, -0.15) is 0 Å². The van der Waals surface area contributed by atoms with Gasteiger partial charge in [0, 0.05) is 48.5 Å². The molecule has 2 bridgehead atoms. The number of carbonyl (C=O) groups is 1. The van der Waals surface area contributed by atoms with Crippen molar-refractivity contribution < 1.29 is 9.53 Å². The molecule has 3 aliphatic rings. The highest BCUT2D eigenvalue weighted by atomic mass is 35.5. The van der Waals surface area contributed by atoms with Crippen LogP contribution in [0.15, 0.2) is 72.9 Å². The standard InChI is InChI=1S/C28H27ClN4O2/c1-35-25-7-3-2-6-23(25)28(34)33-17-21-13-14-22(33)16-31(21)18-24-27(19-9-11-20(29)12-10-19)30-26-8-4-5-15-32(24)26/h2-12,15,21-22H,13-14,16-18H2,1H3. The van der Waals surface area contributed by atoms with Gasteiger partial charge in [0.1, 0.15) is 11.4 Å². The number of amides is 1. The van der Waals surface area contributed by atoms with Gasteiger partial charge in [-0.25, -0.2) is 4.98 Å². The number of piperidine rings is 2. The van der Waals surface area contributed by atoms with Crippen molar-refractivity contribution in [2.75, 3.05) is 20.2 Å².